The van der Waals surface area contributed by atoms with E-state index in [2.05, 4.69) is 17.1 Å². The van der Waals surface area contributed by atoms with Gasteiger partial charge in [0.25, 0.3) is 0 Å². The predicted molar refractivity (Wildman–Crippen MR) is 74.6 cm³/mol. The molecule has 7 nitrogen and oxygen atoms in total. The Morgan fingerprint density at radius 1 is 1.25 bits per heavy atom. The average molecular weight is 287 g/mol. The summed E-state index contributed by atoms with van der Waals surface area (Å²) in [5.74, 6) is -1.09. The van der Waals surface area contributed by atoms with Crippen LogP contribution in [0.3, 0.4) is 0 Å². The highest BCUT2D eigenvalue weighted by atomic mass is 16.4. The van der Waals surface area contributed by atoms with E-state index in [0.29, 0.717) is 13.1 Å². The van der Waals surface area contributed by atoms with Crippen LogP contribution >= 0.6 is 0 Å². The fourth-order valence-corrected chi connectivity index (χ4v) is 2.26. The number of carboxylic acid groups (broad SMARTS) is 1. The van der Waals surface area contributed by atoms with Crippen molar-refractivity contribution in [3.05, 3.63) is 0 Å². The molecule has 1 aliphatic heterocycles. The highest BCUT2D eigenvalue weighted by molar-refractivity contribution is 5.74. The molecule has 0 radical (unpaired) electrons. The van der Waals surface area contributed by atoms with Crippen LogP contribution in [0, 0.1) is 0 Å². The van der Waals surface area contributed by atoms with Gasteiger partial charge in [0.05, 0.1) is 12.0 Å². The van der Waals surface area contributed by atoms with Gasteiger partial charge in [-0.15, -0.1) is 0 Å². The van der Waals surface area contributed by atoms with Crippen LogP contribution in [0.25, 0.3) is 0 Å². The largest absolute Gasteiger partial charge is 0.481 e. The summed E-state index contributed by atoms with van der Waals surface area (Å²) in [6.45, 7) is 7.54. The van der Waals surface area contributed by atoms with Crippen molar-refractivity contribution in [3.63, 3.8) is 0 Å². The minimum Gasteiger partial charge on any atom is -0.481 e. The van der Waals surface area contributed by atoms with Crippen molar-refractivity contribution >= 4 is 12.0 Å². The lowest BCUT2D eigenvalue weighted by atomic mass is 10.0. The maximum atomic E-state index is 11.9. The molecule has 1 fully saturated rings. The third-order valence-electron chi connectivity index (χ3n) is 3.35. The number of rotatable bonds is 6. The van der Waals surface area contributed by atoms with Crippen molar-refractivity contribution in [1.29, 1.82) is 0 Å². The molecule has 0 aliphatic carbocycles. The van der Waals surface area contributed by atoms with Crippen LogP contribution < -0.4 is 5.32 Å². The second-order valence-electron chi connectivity index (χ2n) is 5.55. The summed E-state index contributed by atoms with van der Waals surface area (Å²) in [7, 11) is 0. The third-order valence-corrected chi connectivity index (χ3v) is 3.35. The number of piperazine rings is 1. The first-order chi connectivity index (χ1) is 9.34. The van der Waals surface area contributed by atoms with Crippen molar-refractivity contribution in [2.24, 2.45) is 0 Å². The Kier molecular flexibility index (Phi) is 6.22. The SMILES string of the molecule is CCCN1CCN(C(=O)NCC(C)(O)CC(=O)O)CC1. The Labute approximate surface area is 119 Å². The maximum Gasteiger partial charge on any atom is 0.317 e. The molecule has 1 heterocycles. The van der Waals surface area contributed by atoms with Crippen molar-refractivity contribution in [2.45, 2.75) is 32.3 Å². The summed E-state index contributed by atoms with van der Waals surface area (Å²) in [5, 5.41) is 21.1. The molecular weight excluding hydrogens is 262 g/mol. The fourth-order valence-electron chi connectivity index (χ4n) is 2.26. The Hall–Kier alpha value is -1.34. The first-order valence-electron chi connectivity index (χ1n) is 7.03. The Morgan fingerprint density at radius 2 is 1.85 bits per heavy atom. The Morgan fingerprint density at radius 3 is 2.35 bits per heavy atom. The molecule has 1 unspecified atom stereocenters. The molecule has 0 saturated carbocycles. The maximum absolute atomic E-state index is 11.9. The summed E-state index contributed by atoms with van der Waals surface area (Å²) in [6, 6.07) is -0.244. The van der Waals surface area contributed by atoms with Gasteiger partial charge in [0, 0.05) is 32.7 Å². The second kappa shape index (κ2) is 7.44. The van der Waals surface area contributed by atoms with E-state index in [4.69, 9.17) is 5.11 Å². The lowest BCUT2D eigenvalue weighted by molar-refractivity contribution is -0.141. The van der Waals surface area contributed by atoms with Crippen LogP contribution in [0.15, 0.2) is 0 Å². The molecule has 0 aromatic rings. The van der Waals surface area contributed by atoms with E-state index in [1.165, 1.54) is 6.92 Å². The van der Waals surface area contributed by atoms with E-state index >= 15 is 0 Å². The second-order valence-corrected chi connectivity index (χ2v) is 5.55. The van der Waals surface area contributed by atoms with Crippen LogP contribution in [0.5, 0.6) is 0 Å². The number of carbonyl (C=O) groups excluding carboxylic acids is 1. The number of hydrogen-bond donors (Lipinski definition) is 3. The molecule has 1 atom stereocenters. The molecule has 20 heavy (non-hydrogen) atoms. The average Bonchev–Trinajstić information content (AvgIpc) is 2.36. The summed E-state index contributed by atoms with van der Waals surface area (Å²) >= 11 is 0. The zero-order chi connectivity index (χ0) is 15.2. The molecule has 3 N–H and O–H groups in total. The van der Waals surface area contributed by atoms with Crippen LogP contribution in [0.4, 0.5) is 4.79 Å². The number of urea groups is 1. The Balaban J connectivity index is 2.32. The smallest absolute Gasteiger partial charge is 0.317 e. The van der Waals surface area contributed by atoms with Gasteiger partial charge in [-0.05, 0) is 19.9 Å². The number of hydrogen-bond acceptors (Lipinski definition) is 4. The molecule has 116 valence electrons. The summed E-state index contributed by atoms with van der Waals surface area (Å²) in [6.07, 6.45) is 0.710. The molecule has 1 saturated heterocycles. The van der Waals surface area contributed by atoms with E-state index < -0.39 is 18.0 Å². The third kappa shape index (κ3) is 5.75. The summed E-state index contributed by atoms with van der Waals surface area (Å²) in [5.41, 5.74) is -1.43. The first kappa shape index (κ1) is 16.7. The summed E-state index contributed by atoms with van der Waals surface area (Å²) in [4.78, 5) is 26.5. The summed E-state index contributed by atoms with van der Waals surface area (Å²) < 4.78 is 0. The van der Waals surface area contributed by atoms with Gasteiger partial charge in [-0.2, -0.15) is 0 Å². The number of aliphatic hydroxyl groups is 1. The van der Waals surface area contributed by atoms with Crippen LogP contribution in [-0.2, 0) is 4.79 Å². The molecular formula is C13H25N3O4. The zero-order valence-corrected chi connectivity index (χ0v) is 12.3. The Bertz CT molecular complexity index is 339. The van der Waals surface area contributed by atoms with E-state index in [0.717, 1.165) is 26.1 Å². The predicted octanol–water partition coefficient (Wildman–Crippen LogP) is -0.0507. The molecule has 1 aliphatic rings. The van der Waals surface area contributed by atoms with Gasteiger partial charge in [0.2, 0.25) is 0 Å². The van der Waals surface area contributed by atoms with Crippen LogP contribution in [-0.4, -0.2) is 76.9 Å². The molecule has 0 bridgehead atoms. The van der Waals surface area contributed by atoms with Gasteiger partial charge in [0.1, 0.15) is 0 Å². The molecule has 0 aromatic carbocycles. The minimum atomic E-state index is -1.43. The molecule has 1 rings (SSSR count). The molecule has 2 amide bonds. The van der Waals surface area contributed by atoms with Gasteiger partial charge >= 0.3 is 12.0 Å². The minimum absolute atomic E-state index is 0.0622. The van der Waals surface area contributed by atoms with Crippen LogP contribution in [0.2, 0.25) is 0 Å². The van der Waals surface area contributed by atoms with Gasteiger partial charge in [-0.3, -0.25) is 9.69 Å². The number of carbonyl (C=O) groups is 2. The van der Waals surface area contributed by atoms with Gasteiger partial charge in [-0.1, -0.05) is 6.92 Å². The fraction of sp³-hybridized carbons (Fsp3) is 0.846. The monoisotopic (exact) mass is 287 g/mol. The zero-order valence-electron chi connectivity index (χ0n) is 12.3. The van der Waals surface area contributed by atoms with E-state index in [1.807, 2.05) is 0 Å². The normalized spacial score (nSPS) is 19.4. The van der Waals surface area contributed by atoms with Crippen molar-refractivity contribution in [1.82, 2.24) is 15.1 Å². The highest BCUT2D eigenvalue weighted by Gasteiger charge is 2.27. The quantitative estimate of drug-likeness (QED) is 0.637. The number of aliphatic carboxylic acids is 1. The number of carboxylic acids is 1. The number of nitrogens with one attached hydrogen (secondary N) is 1. The number of amides is 2. The lowest BCUT2D eigenvalue weighted by Gasteiger charge is -2.35. The topological polar surface area (TPSA) is 93.1 Å². The van der Waals surface area contributed by atoms with Gasteiger partial charge < -0.3 is 20.4 Å². The van der Waals surface area contributed by atoms with Gasteiger partial charge in [-0.25, -0.2) is 4.79 Å². The molecule has 0 spiro atoms. The van der Waals surface area contributed by atoms with E-state index in [1.54, 1.807) is 4.90 Å². The highest BCUT2D eigenvalue weighted by Crippen LogP contribution is 2.08. The van der Waals surface area contributed by atoms with Gasteiger partial charge in [0.15, 0.2) is 0 Å². The standard InChI is InChI=1S/C13H25N3O4/c1-3-4-15-5-7-16(8-6-15)12(19)14-10-13(2,20)9-11(17)18/h20H,3-10H2,1-2H3,(H,14,19)(H,17,18). The van der Waals surface area contributed by atoms with Crippen LogP contribution in [0.1, 0.15) is 26.7 Å². The number of nitrogens with zero attached hydrogens (tertiary/aromatic N) is 2. The molecule has 7 heteroatoms. The molecule has 0 aromatic heterocycles. The van der Waals surface area contributed by atoms with Crippen molar-refractivity contribution in [3.8, 4) is 0 Å². The first-order valence-corrected chi connectivity index (χ1v) is 7.03. The van der Waals surface area contributed by atoms with E-state index in [9.17, 15) is 14.7 Å². The lowest BCUT2D eigenvalue weighted by Crippen LogP contribution is -2.53. The van der Waals surface area contributed by atoms with Crippen molar-refractivity contribution < 1.29 is 19.8 Å². The van der Waals surface area contributed by atoms with Crippen molar-refractivity contribution in [2.75, 3.05) is 39.3 Å². The van der Waals surface area contributed by atoms with E-state index in [-0.39, 0.29) is 12.6 Å².